The zero-order valence-corrected chi connectivity index (χ0v) is 11.6. The summed E-state index contributed by atoms with van der Waals surface area (Å²) in [6, 6.07) is -1.44. The van der Waals surface area contributed by atoms with Gasteiger partial charge in [0.1, 0.15) is 6.04 Å². The molecule has 1 saturated heterocycles. The van der Waals surface area contributed by atoms with Gasteiger partial charge in [-0.3, -0.25) is 14.9 Å². The lowest BCUT2D eigenvalue weighted by atomic mass is 9.89. The van der Waals surface area contributed by atoms with E-state index in [4.69, 9.17) is 5.11 Å². The van der Waals surface area contributed by atoms with Gasteiger partial charge in [-0.1, -0.05) is 6.08 Å². The van der Waals surface area contributed by atoms with Crippen molar-refractivity contribution in [3.63, 3.8) is 0 Å². The number of hydrogen-bond donors (Lipinski definition) is 4. The summed E-state index contributed by atoms with van der Waals surface area (Å²) in [5.74, 6) is -1.02. The highest BCUT2D eigenvalue weighted by Crippen LogP contribution is 2.36. The number of amides is 1. The molecule has 0 radical (unpaired) electrons. The Morgan fingerprint density at radius 1 is 1.45 bits per heavy atom. The fourth-order valence-corrected chi connectivity index (χ4v) is 2.98. The van der Waals surface area contributed by atoms with Gasteiger partial charge in [0, 0.05) is 13.0 Å². The number of rotatable bonds is 6. The van der Waals surface area contributed by atoms with E-state index < -0.39 is 24.2 Å². The lowest BCUT2D eigenvalue weighted by Crippen LogP contribution is -2.57. The number of carbonyl (C=O) groups is 2. The summed E-state index contributed by atoms with van der Waals surface area (Å²) in [6.07, 6.45) is 3.38. The van der Waals surface area contributed by atoms with Gasteiger partial charge in [-0.2, -0.15) is 0 Å². The van der Waals surface area contributed by atoms with Gasteiger partial charge in [0.25, 0.3) is 0 Å². The molecule has 0 aromatic rings. The van der Waals surface area contributed by atoms with Crippen molar-refractivity contribution in [2.75, 3.05) is 0 Å². The number of carbonyl (C=O) groups excluding carboxylic acids is 1. The minimum absolute atomic E-state index is 0.0821. The number of aliphatic hydroxyl groups excluding tert-OH is 1. The summed E-state index contributed by atoms with van der Waals surface area (Å²) in [5, 5.41) is 25.3. The van der Waals surface area contributed by atoms with Crippen LogP contribution in [-0.4, -0.2) is 46.3 Å². The Balaban J connectivity index is 2.15. The molecule has 6 heteroatoms. The highest BCUT2D eigenvalue weighted by molar-refractivity contribution is 5.75. The first-order valence-electron chi connectivity index (χ1n) is 7.00. The molecule has 1 aliphatic carbocycles. The van der Waals surface area contributed by atoms with Crippen LogP contribution in [0.2, 0.25) is 0 Å². The highest BCUT2D eigenvalue weighted by atomic mass is 16.4. The van der Waals surface area contributed by atoms with E-state index in [2.05, 4.69) is 17.2 Å². The van der Waals surface area contributed by atoms with E-state index in [0.29, 0.717) is 6.42 Å². The molecule has 1 unspecified atom stereocenters. The molecule has 2 aliphatic rings. The molecule has 1 saturated carbocycles. The van der Waals surface area contributed by atoms with Gasteiger partial charge < -0.3 is 15.5 Å². The van der Waals surface area contributed by atoms with E-state index in [1.807, 2.05) is 0 Å². The molecular formula is C14H22N2O4. The Morgan fingerprint density at radius 2 is 2.10 bits per heavy atom. The third kappa shape index (κ3) is 3.19. The summed E-state index contributed by atoms with van der Waals surface area (Å²) >= 11 is 0. The van der Waals surface area contributed by atoms with E-state index in [-0.39, 0.29) is 23.8 Å². The van der Waals surface area contributed by atoms with Crippen LogP contribution in [0.15, 0.2) is 12.7 Å². The average Bonchev–Trinajstić information content (AvgIpc) is 3.14. The number of aliphatic hydroxyl groups is 1. The van der Waals surface area contributed by atoms with Crippen LogP contribution in [0, 0.1) is 11.8 Å². The molecule has 0 spiro atoms. The van der Waals surface area contributed by atoms with Crippen LogP contribution in [0.3, 0.4) is 0 Å². The maximum atomic E-state index is 11.4. The molecule has 4 N–H and O–H groups in total. The van der Waals surface area contributed by atoms with Gasteiger partial charge >= 0.3 is 5.97 Å². The van der Waals surface area contributed by atoms with Crippen LogP contribution in [0.25, 0.3) is 0 Å². The molecule has 1 heterocycles. The van der Waals surface area contributed by atoms with E-state index >= 15 is 0 Å². The van der Waals surface area contributed by atoms with Gasteiger partial charge in [0.05, 0.1) is 12.1 Å². The summed E-state index contributed by atoms with van der Waals surface area (Å²) in [7, 11) is 0. The quantitative estimate of drug-likeness (QED) is 0.509. The second-order valence-electron chi connectivity index (χ2n) is 5.77. The van der Waals surface area contributed by atoms with E-state index in [0.717, 1.165) is 12.8 Å². The Labute approximate surface area is 118 Å². The Morgan fingerprint density at radius 3 is 2.55 bits per heavy atom. The van der Waals surface area contributed by atoms with Crippen molar-refractivity contribution in [1.29, 1.82) is 0 Å². The summed E-state index contributed by atoms with van der Waals surface area (Å²) in [6.45, 7) is 5.14. The van der Waals surface area contributed by atoms with Gasteiger partial charge in [0.15, 0.2) is 0 Å². The maximum Gasteiger partial charge on any atom is 0.320 e. The molecule has 1 aliphatic heterocycles. The van der Waals surface area contributed by atoms with Crippen molar-refractivity contribution in [3.05, 3.63) is 12.7 Å². The van der Waals surface area contributed by atoms with Crippen molar-refractivity contribution in [3.8, 4) is 0 Å². The highest BCUT2D eigenvalue weighted by Gasteiger charge is 2.46. The maximum absolute atomic E-state index is 11.4. The van der Waals surface area contributed by atoms with Gasteiger partial charge in [0.2, 0.25) is 5.91 Å². The topological polar surface area (TPSA) is 98.7 Å². The molecule has 20 heavy (non-hydrogen) atoms. The summed E-state index contributed by atoms with van der Waals surface area (Å²) < 4.78 is 0. The van der Waals surface area contributed by atoms with Crippen LogP contribution in [-0.2, 0) is 9.59 Å². The molecule has 5 atom stereocenters. The van der Waals surface area contributed by atoms with Crippen molar-refractivity contribution in [1.82, 2.24) is 10.6 Å². The van der Waals surface area contributed by atoms with Crippen LogP contribution in [0.1, 0.15) is 26.2 Å². The summed E-state index contributed by atoms with van der Waals surface area (Å²) in [5.41, 5.74) is 0. The van der Waals surface area contributed by atoms with Crippen molar-refractivity contribution < 1.29 is 19.8 Å². The second-order valence-corrected chi connectivity index (χ2v) is 5.77. The normalized spacial score (nSPS) is 32.4. The van der Waals surface area contributed by atoms with Crippen LogP contribution in [0.5, 0.6) is 0 Å². The van der Waals surface area contributed by atoms with Gasteiger partial charge in [-0.15, -0.1) is 6.58 Å². The predicted octanol–water partition coefficient (Wildman–Crippen LogP) is -0.121. The van der Waals surface area contributed by atoms with Crippen LogP contribution < -0.4 is 10.6 Å². The molecule has 2 fully saturated rings. The number of carboxylic acid groups (broad SMARTS) is 1. The lowest BCUT2D eigenvalue weighted by molar-refractivity contribution is -0.139. The minimum atomic E-state index is -0.915. The fourth-order valence-electron chi connectivity index (χ4n) is 2.98. The number of aliphatic carboxylic acids is 1. The molecule has 0 aromatic heterocycles. The molecule has 0 bridgehead atoms. The number of hydrogen-bond acceptors (Lipinski definition) is 4. The SMILES string of the molecule is C=C[C@@H]1C[C@H](C(=O)O)NC1[C@@H](NC(C)=O)[C@@H](O)C1CC1. The molecule has 1 amide bonds. The minimum Gasteiger partial charge on any atom is -0.480 e. The lowest BCUT2D eigenvalue weighted by Gasteiger charge is -2.32. The average molecular weight is 282 g/mol. The standard InChI is InChI=1S/C14H22N2O4/c1-3-8-6-10(14(19)20)16-11(8)12(15-7(2)17)13(18)9-4-5-9/h3,8-13,16,18H,1,4-6H2,2H3,(H,15,17)(H,19,20)/t8-,10-,11?,12-,13+/m1/s1. The van der Waals surface area contributed by atoms with Crippen molar-refractivity contribution in [2.24, 2.45) is 11.8 Å². The third-order valence-electron chi connectivity index (χ3n) is 4.19. The Kier molecular flexibility index (Phi) is 4.45. The first kappa shape index (κ1) is 15.0. The van der Waals surface area contributed by atoms with Crippen molar-refractivity contribution >= 4 is 11.9 Å². The fraction of sp³-hybridized carbons (Fsp3) is 0.714. The Bertz CT molecular complexity index is 408. The number of carboxylic acids is 1. The number of nitrogens with one attached hydrogen (secondary N) is 2. The van der Waals surface area contributed by atoms with Crippen molar-refractivity contribution in [2.45, 2.75) is 50.4 Å². The molecule has 6 nitrogen and oxygen atoms in total. The summed E-state index contributed by atoms with van der Waals surface area (Å²) in [4.78, 5) is 22.5. The third-order valence-corrected chi connectivity index (χ3v) is 4.19. The van der Waals surface area contributed by atoms with E-state index in [1.165, 1.54) is 6.92 Å². The largest absolute Gasteiger partial charge is 0.480 e. The van der Waals surface area contributed by atoms with Gasteiger partial charge in [-0.05, 0) is 31.1 Å². The van der Waals surface area contributed by atoms with E-state index in [1.54, 1.807) is 6.08 Å². The molecule has 112 valence electrons. The predicted molar refractivity (Wildman–Crippen MR) is 73.0 cm³/mol. The van der Waals surface area contributed by atoms with Crippen LogP contribution in [0.4, 0.5) is 0 Å². The first-order chi connectivity index (χ1) is 9.43. The molecular weight excluding hydrogens is 260 g/mol. The first-order valence-corrected chi connectivity index (χ1v) is 7.00. The van der Waals surface area contributed by atoms with E-state index in [9.17, 15) is 14.7 Å². The monoisotopic (exact) mass is 282 g/mol. The molecule has 0 aromatic carbocycles. The smallest absolute Gasteiger partial charge is 0.320 e. The molecule has 2 rings (SSSR count). The van der Waals surface area contributed by atoms with Crippen LogP contribution >= 0.6 is 0 Å². The second kappa shape index (κ2) is 5.93. The zero-order chi connectivity index (χ0) is 14.9. The van der Waals surface area contributed by atoms with Gasteiger partial charge in [-0.25, -0.2) is 0 Å². The zero-order valence-electron chi connectivity index (χ0n) is 11.6. The Hall–Kier alpha value is -1.40.